The number of benzene rings is 1. The molecule has 1 aliphatic rings. The van der Waals surface area contributed by atoms with Crippen molar-refractivity contribution in [3.8, 4) is 0 Å². The SMILES string of the molecule is Cc1cc(CC2CN(C(=O)OC(C)(C)C)CC2OCCNCCc2cccc(Cl)c2)nc(N(C(=O)OC(C)(C)C)C(=O)OC(C)(C)C)c1. The highest BCUT2D eigenvalue weighted by Crippen LogP contribution is 2.28. The minimum atomic E-state index is -0.887. The first-order valence-electron chi connectivity index (χ1n) is 16.5. The predicted octanol–water partition coefficient (Wildman–Crippen LogP) is 7.35. The van der Waals surface area contributed by atoms with Crippen LogP contribution in [0.4, 0.5) is 20.2 Å². The number of hydrogen-bond acceptors (Lipinski definition) is 9. The Morgan fingerprint density at radius 3 is 2.10 bits per heavy atom. The van der Waals surface area contributed by atoms with Crippen LogP contribution in [0.5, 0.6) is 0 Å². The molecule has 1 aliphatic heterocycles. The standard InChI is InChI=1S/C36H53ClN4O7/c1-24-18-28(39-30(19-24)41(32(43)47-35(5,6)7)33(44)48-36(8,9)10)21-26-22-40(31(42)46-34(2,3)4)23-29(26)45-17-16-38-15-14-25-12-11-13-27(37)20-25/h11-13,18-20,26,29,38H,14-17,21-23H2,1-10H3. The number of pyridine rings is 1. The number of ether oxygens (including phenoxy) is 4. The van der Waals surface area contributed by atoms with Gasteiger partial charge in [0.25, 0.3) is 0 Å². The molecule has 11 nitrogen and oxygen atoms in total. The number of halogens is 1. The average Bonchev–Trinajstić information content (AvgIpc) is 3.30. The molecule has 12 heteroatoms. The van der Waals surface area contributed by atoms with Crippen LogP contribution in [-0.2, 0) is 31.8 Å². The van der Waals surface area contributed by atoms with E-state index in [2.05, 4.69) is 5.32 Å². The molecule has 2 heterocycles. The number of carbonyl (C=O) groups excluding carboxylic acids is 3. The number of nitrogens with one attached hydrogen (secondary N) is 1. The highest BCUT2D eigenvalue weighted by Gasteiger charge is 2.39. The van der Waals surface area contributed by atoms with E-state index in [4.69, 9.17) is 35.5 Å². The van der Waals surface area contributed by atoms with Crippen molar-refractivity contribution in [1.29, 1.82) is 0 Å². The van der Waals surface area contributed by atoms with Crippen molar-refractivity contribution < 1.29 is 33.3 Å². The third kappa shape index (κ3) is 13.2. The number of aryl methyl sites for hydroxylation is 1. The van der Waals surface area contributed by atoms with E-state index in [1.807, 2.05) is 58.0 Å². The van der Waals surface area contributed by atoms with Crippen molar-refractivity contribution in [2.75, 3.05) is 37.7 Å². The smallest absolute Gasteiger partial charge is 0.425 e. The summed E-state index contributed by atoms with van der Waals surface area (Å²) in [6, 6.07) is 11.3. The minimum Gasteiger partial charge on any atom is -0.444 e. The van der Waals surface area contributed by atoms with E-state index in [0.29, 0.717) is 38.4 Å². The molecule has 1 fully saturated rings. The molecule has 1 saturated heterocycles. The lowest BCUT2D eigenvalue weighted by Gasteiger charge is -2.28. The zero-order chi connectivity index (χ0) is 35.9. The third-order valence-electron chi connectivity index (χ3n) is 6.98. The van der Waals surface area contributed by atoms with E-state index in [1.165, 1.54) is 0 Å². The largest absolute Gasteiger partial charge is 0.444 e. The molecule has 2 unspecified atom stereocenters. The number of imide groups is 1. The zero-order valence-electron chi connectivity index (χ0n) is 30.1. The summed E-state index contributed by atoms with van der Waals surface area (Å²) < 4.78 is 23.1. The van der Waals surface area contributed by atoms with Gasteiger partial charge in [-0.25, -0.2) is 19.4 Å². The maximum absolute atomic E-state index is 13.3. The van der Waals surface area contributed by atoms with E-state index < -0.39 is 35.1 Å². The van der Waals surface area contributed by atoms with E-state index in [0.717, 1.165) is 34.0 Å². The van der Waals surface area contributed by atoms with Gasteiger partial charge in [-0.3, -0.25) is 0 Å². The molecule has 48 heavy (non-hydrogen) atoms. The number of hydrogen-bond donors (Lipinski definition) is 1. The van der Waals surface area contributed by atoms with Crippen molar-refractivity contribution in [2.24, 2.45) is 5.92 Å². The van der Waals surface area contributed by atoms with Gasteiger partial charge >= 0.3 is 18.3 Å². The molecule has 1 aromatic carbocycles. The fourth-order valence-electron chi connectivity index (χ4n) is 5.12. The van der Waals surface area contributed by atoms with Crippen LogP contribution in [0.2, 0.25) is 5.02 Å². The van der Waals surface area contributed by atoms with Crippen LogP contribution in [-0.4, -0.2) is 83.9 Å². The fraction of sp³-hybridized carbons (Fsp3) is 0.611. The topological polar surface area (TPSA) is 120 Å². The Morgan fingerprint density at radius 2 is 1.52 bits per heavy atom. The van der Waals surface area contributed by atoms with Gasteiger partial charge in [-0.05, 0) is 124 Å². The van der Waals surface area contributed by atoms with Gasteiger partial charge < -0.3 is 29.2 Å². The number of likely N-dealkylation sites (tertiary alicyclic amines) is 1. The third-order valence-corrected chi connectivity index (χ3v) is 7.22. The molecule has 3 rings (SSSR count). The van der Waals surface area contributed by atoms with Gasteiger partial charge in [0.2, 0.25) is 0 Å². The maximum atomic E-state index is 13.3. The Balaban J connectivity index is 1.78. The van der Waals surface area contributed by atoms with Gasteiger partial charge in [-0.2, -0.15) is 4.90 Å². The lowest BCUT2D eigenvalue weighted by molar-refractivity contribution is 0.0186. The number of amides is 3. The molecule has 266 valence electrons. The molecule has 0 spiro atoms. The van der Waals surface area contributed by atoms with Gasteiger partial charge in [0.1, 0.15) is 22.6 Å². The number of aromatic nitrogens is 1. The Bertz CT molecular complexity index is 1390. The van der Waals surface area contributed by atoms with Gasteiger partial charge in [0.15, 0.2) is 0 Å². The minimum absolute atomic E-state index is 0.0943. The Kier molecular flexibility index (Phi) is 13.3. The Morgan fingerprint density at radius 1 is 0.896 bits per heavy atom. The second-order valence-corrected chi connectivity index (χ2v) is 15.6. The number of anilines is 1. The maximum Gasteiger partial charge on any atom is 0.425 e. The zero-order valence-corrected chi connectivity index (χ0v) is 30.9. The summed E-state index contributed by atoms with van der Waals surface area (Å²) >= 11 is 6.10. The summed E-state index contributed by atoms with van der Waals surface area (Å²) in [6.45, 7) is 20.3. The predicted molar refractivity (Wildman–Crippen MR) is 187 cm³/mol. The van der Waals surface area contributed by atoms with Crippen molar-refractivity contribution in [2.45, 2.75) is 105 Å². The van der Waals surface area contributed by atoms with Crippen LogP contribution in [0.1, 0.15) is 79.1 Å². The number of rotatable bonds is 10. The first-order chi connectivity index (χ1) is 22.2. The van der Waals surface area contributed by atoms with E-state index in [1.54, 1.807) is 52.5 Å². The van der Waals surface area contributed by atoms with Crippen molar-refractivity contribution in [3.63, 3.8) is 0 Å². The molecule has 2 aromatic rings. The van der Waals surface area contributed by atoms with Crippen LogP contribution >= 0.6 is 11.6 Å². The molecule has 0 saturated carbocycles. The summed E-state index contributed by atoms with van der Waals surface area (Å²) in [7, 11) is 0. The Hall–Kier alpha value is -3.41. The fourth-order valence-corrected chi connectivity index (χ4v) is 5.33. The van der Waals surface area contributed by atoms with Crippen molar-refractivity contribution in [3.05, 3.63) is 58.2 Å². The lowest BCUT2D eigenvalue weighted by atomic mass is 9.98. The van der Waals surface area contributed by atoms with Gasteiger partial charge in [0, 0.05) is 29.7 Å². The van der Waals surface area contributed by atoms with Crippen LogP contribution < -0.4 is 10.2 Å². The molecule has 0 radical (unpaired) electrons. The first kappa shape index (κ1) is 39.0. The van der Waals surface area contributed by atoms with E-state index in [-0.39, 0.29) is 17.8 Å². The highest BCUT2D eigenvalue weighted by molar-refractivity contribution is 6.30. The van der Waals surface area contributed by atoms with Crippen molar-refractivity contribution >= 4 is 35.7 Å². The van der Waals surface area contributed by atoms with Crippen LogP contribution in [0.3, 0.4) is 0 Å². The second kappa shape index (κ2) is 16.3. The number of nitrogens with zero attached hydrogens (tertiary/aromatic N) is 3. The average molecular weight is 689 g/mol. The van der Waals surface area contributed by atoms with E-state index in [9.17, 15) is 14.4 Å². The van der Waals surface area contributed by atoms with E-state index >= 15 is 0 Å². The summed E-state index contributed by atoms with van der Waals surface area (Å²) in [5, 5.41) is 4.13. The summed E-state index contributed by atoms with van der Waals surface area (Å²) in [5.74, 6) is -0.0282. The summed E-state index contributed by atoms with van der Waals surface area (Å²) in [6.07, 6.45) is -1.20. The molecule has 2 atom stereocenters. The quantitative estimate of drug-likeness (QED) is 0.202. The van der Waals surface area contributed by atoms with Gasteiger partial charge in [-0.15, -0.1) is 0 Å². The molecule has 0 bridgehead atoms. The summed E-state index contributed by atoms with van der Waals surface area (Å²) in [5.41, 5.74) is 0.225. The summed E-state index contributed by atoms with van der Waals surface area (Å²) in [4.78, 5) is 46.9. The Labute approximate surface area is 290 Å². The monoisotopic (exact) mass is 688 g/mol. The highest BCUT2D eigenvalue weighted by atomic mass is 35.5. The molecule has 0 aliphatic carbocycles. The normalized spacial score (nSPS) is 16.9. The molecular formula is C36H53ClN4O7. The van der Waals surface area contributed by atoms with Gasteiger partial charge in [-0.1, -0.05) is 23.7 Å². The van der Waals surface area contributed by atoms with Gasteiger partial charge in [0.05, 0.1) is 19.3 Å². The van der Waals surface area contributed by atoms with Crippen LogP contribution in [0.15, 0.2) is 36.4 Å². The van der Waals surface area contributed by atoms with Crippen molar-refractivity contribution in [1.82, 2.24) is 15.2 Å². The lowest BCUT2D eigenvalue weighted by Crippen LogP contribution is -2.44. The molecule has 1 N–H and O–H groups in total. The second-order valence-electron chi connectivity index (χ2n) is 15.2. The van der Waals surface area contributed by atoms with Crippen LogP contribution in [0, 0.1) is 12.8 Å². The molecule has 1 aromatic heterocycles. The number of carbonyl (C=O) groups is 3. The molecule has 3 amide bonds. The van der Waals surface area contributed by atoms with Crippen LogP contribution in [0.25, 0.3) is 0 Å². The molecular weight excluding hydrogens is 636 g/mol. The first-order valence-corrected chi connectivity index (χ1v) is 16.9.